The second kappa shape index (κ2) is 9.69. The van der Waals surface area contributed by atoms with Gasteiger partial charge in [-0.25, -0.2) is 9.59 Å². The Hall–Kier alpha value is -2.93. The van der Waals surface area contributed by atoms with E-state index in [2.05, 4.69) is 5.32 Å². The van der Waals surface area contributed by atoms with Gasteiger partial charge in [0.05, 0.1) is 24.4 Å². The predicted molar refractivity (Wildman–Crippen MR) is 123 cm³/mol. The van der Waals surface area contributed by atoms with E-state index >= 15 is 0 Å². The number of esters is 1. The lowest BCUT2D eigenvalue weighted by Gasteiger charge is -2.31. The number of hydrogen-bond acceptors (Lipinski definition) is 6. The maximum Gasteiger partial charge on any atom is 0.408 e. The van der Waals surface area contributed by atoms with E-state index in [-0.39, 0.29) is 12.0 Å². The highest BCUT2D eigenvalue weighted by Crippen LogP contribution is 2.29. The van der Waals surface area contributed by atoms with Gasteiger partial charge in [0.1, 0.15) is 5.60 Å². The van der Waals surface area contributed by atoms with Gasteiger partial charge in [0.15, 0.2) is 5.60 Å². The predicted octanol–water partition coefficient (Wildman–Crippen LogP) is 4.95. The summed E-state index contributed by atoms with van der Waals surface area (Å²) in [5, 5.41) is 3.80. The molecule has 1 N–H and O–H groups in total. The quantitative estimate of drug-likeness (QED) is 0.662. The number of aromatic nitrogens is 1. The van der Waals surface area contributed by atoms with Crippen molar-refractivity contribution in [2.75, 3.05) is 13.7 Å². The fraction of sp³-hybridized carbons (Fsp3) is 0.480. The Morgan fingerprint density at radius 3 is 2.62 bits per heavy atom. The summed E-state index contributed by atoms with van der Waals surface area (Å²) in [4.78, 5) is 29.2. The number of alkyl carbamates (subject to hydrolysis) is 1. The SMILES string of the molecule is COC(=O)C1(/C=C/c2ccc3ccc([C@@H](C)NC(=O)OC(C)(C)C)nc3c2)CCCCO1. The third-order valence-electron chi connectivity index (χ3n) is 5.29. The summed E-state index contributed by atoms with van der Waals surface area (Å²) >= 11 is 0. The van der Waals surface area contributed by atoms with Crippen LogP contribution in [0, 0.1) is 0 Å². The van der Waals surface area contributed by atoms with Crippen LogP contribution in [-0.2, 0) is 19.0 Å². The molecule has 0 saturated carbocycles. The number of hydrogen-bond donors (Lipinski definition) is 1. The highest BCUT2D eigenvalue weighted by atomic mass is 16.6. The van der Waals surface area contributed by atoms with Crippen molar-refractivity contribution in [1.29, 1.82) is 0 Å². The molecule has 1 unspecified atom stereocenters. The number of benzene rings is 1. The molecule has 0 aliphatic carbocycles. The molecule has 172 valence electrons. The molecular formula is C25H32N2O5. The van der Waals surface area contributed by atoms with Crippen molar-refractivity contribution in [3.63, 3.8) is 0 Å². The molecule has 2 aromatic rings. The maximum atomic E-state index is 12.4. The van der Waals surface area contributed by atoms with Crippen LogP contribution < -0.4 is 5.32 Å². The lowest BCUT2D eigenvalue weighted by Crippen LogP contribution is -2.43. The highest BCUT2D eigenvalue weighted by Gasteiger charge is 2.39. The van der Waals surface area contributed by atoms with Gasteiger partial charge in [-0.05, 0) is 70.7 Å². The van der Waals surface area contributed by atoms with E-state index in [9.17, 15) is 9.59 Å². The molecule has 1 saturated heterocycles. The zero-order valence-electron chi connectivity index (χ0n) is 19.4. The third-order valence-corrected chi connectivity index (χ3v) is 5.29. The Labute approximate surface area is 189 Å². The van der Waals surface area contributed by atoms with E-state index in [1.165, 1.54) is 7.11 Å². The second-order valence-corrected chi connectivity index (χ2v) is 9.08. The number of carbonyl (C=O) groups excluding carboxylic acids is 2. The van der Waals surface area contributed by atoms with Gasteiger partial charge < -0.3 is 19.5 Å². The van der Waals surface area contributed by atoms with Gasteiger partial charge in [-0.1, -0.05) is 24.3 Å². The van der Waals surface area contributed by atoms with Crippen LogP contribution in [0.3, 0.4) is 0 Å². The molecule has 1 aliphatic heterocycles. The van der Waals surface area contributed by atoms with Crippen molar-refractivity contribution < 1.29 is 23.8 Å². The molecule has 0 bridgehead atoms. The van der Waals surface area contributed by atoms with Crippen LogP contribution in [0.5, 0.6) is 0 Å². The number of nitrogens with one attached hydrogen (secondary N) is 1. The van der Waals surface area contributed by atoms with E-state index in [1.54, 1.807) is 6.08 Å². The monoisotopic (exact) mass is 440 g/mol. The van der Waals surface area contributed by atoms with Crippen molar-refractivity contribution in [2.45, 2.75) is 64.2 Å². The number of ether oxygens (including phenoxy) is 3. The average Bonchev–Trinajstić information content (AvgIpc) is 2.75. The molecule has 1 fully saturated rings. The largest absolute Gasteiger partial charge is 0.467 e. The number of pyridine rings is 1. The first kappa shape index (κ1) is 23.7. The first-order valence-corrected chi connectivity index (χ1v) is 10.9. The summed E-state index contributed by atoms with van der Waals surface area (Å²) < 4.78 is 16.1. The van der Waals surface area contributed by atoms with E-state index in [4.69, 9.17) is 19.2 Å². The molecule has 1 aromatic carbocycles. The average molecular weight is 441 g/mol. The lowest BCUT2D eigenvalue weighted by atomic mass is 9.92. The van der Waals surface area contributed by atoms with Crippen LogP contribution in [0.25, 0.3) is 17.0 Å². The van der Waals surface area contributed by atoms with Crippen LogP contribution in [-0.4, -0.2) is 42.0 Å². The Kier molecular flexibility index (Phi) is 7.19. The van der Waals surface area contributed by atoms with Crippen molar-refractivity contribution in [3.05, 3.63) is 47.7 Å². The Morgan fingerprint density at radius 2 is 1.97 bits per heavy atom. The van der Waals surface area contributed by atoms with Gasteiger partial charge >= 0.3 is 12.1 Å². The topological polar surface area (TPSA) is 86.8 Å². The molecule has 1 aliphatic rings. The van der Waals surface area contributed by atoms with Crippen molar-refractivity contribution in [2.24, 2.45) is 0 Å². The van der Waals surface area contributed by atoms with Gasteiger partial charge in [-0.2, -0.15) is 0 Å². The second-order valence-electron chi connectivity index (χ2n) is 9.08. The Morgan fingerprint density at radius 1 is 1.22 bits per heavy atom. The van der Waals surface area contributed by atoms with Gasteiger partial charge in [0.25, 0.3) is 0 Å². The third kappa shape index (κ3) is 5.85. The fourth-order valence-corrected chi connectivity index (χ4v) is 3.63. The van der Waals surface area contributed by atoms with Crippen LogP contribution >= 0.6 is 0 Å². The van der Waals surface area contributed by atoms with Crippen LogP contribution in [0.4, 0.5) is 4.79 Å². The van der Waals surface area contributed by atoms with Crippen molar-refractivity contribution >= 4 is 29.0 Å². The molecule has 0 spiro atoms. The van der Waals surface area contributed by atoms with Crippen LogP contribution in [0.15, 0.2) is 36.4 Å². The molecule has 3 rings (SSSR count). The minimum absolute atomic E-state index is 0.313. The Bertz CT molecular complexity index is 1000. The summed E-state index contributed by atoms with van der Waals surface area (Å²) in [6.45, 7) is 7.86. The highest BCUT2D eigenvalue weighted by molar-refractivity contribution is 5.85. The first-order valence-electron chi connectivity index (χ1n) is 10.9. The van der Waals surface area contributed by atoms with E-state index < -0.39 is 17.3 Å². The molecule has 0 radical (unpaired) electrons. The summed E-state index contributed by atoms with van der Waals surface area (Å²) in [7, 11) is 1.38. The standard InChI is InChI=1S/C25H32N2O5/c1-17(26-23(29)32-24(2,3)4)20-11-10-19-9-8-18(16-21(19)27-20)12-14-25(22(28)30-5)13-6-7-15-31-25/h8-12,14,16-17H,6-7,13,15H2,1-5H3,(H,26,29)/b14-12+/t17-,25?/m1/s1. The summed E-state index contributed by atoms with van der Waals surface area (Å²) in [6.07, 6.45) is 5.62. The molecule has 32 heavy (non-hydrogen) atoms. The molecular weight excluding hydrogens is 408 g/mol. The minimum Gasteiger partial charge on any atom is -0.467 e. The van der Waals surface area contributed by atoms with E-state index in [0.29, 0.717) is 13.0 Å². The van der Waals surface area contributed by atoms with Crippen molar-refractivity contribution in [1.82, 2.24) is 10.3 Å². The van der Waals surface area contributed by atoms with Gasteiger partial charge in [0.2, 0.25) is 0 Å². The maximum absolute atomic E-state index is 12.4. The molecule has 2 atom stereocenters. The van der Waals surface area contributed by atoms with E-state index in [0.717, 1.165) is 35.0 Å². The number of rotatable bonds is 5. The summed E-state index contributed by atoms with van der Waals surface area (Å²) in [5.41, 5.74) is 0.812. The number of fused-ring (bicyclic) bond motifs is 1. The van der Waals surface area contributed by atoms with Gasteiger partial charge in [-0.15, -0.1) is 0 Å². The first-order chi connectivity index (χ1) is 15.1. The number of carbonyl (C=O) groups is 2. The number of methoxy groups -OCH3 is 1. The molecule has 1 aromatic heterocycles. The number of amides is 1. The van der Waals surface area contributed by atoms with E-state index in [1.807, 2.05) is 64.1 Å². The lowest BCUT2D eigenvalue weighted by molar-refractivity contribution is -0.167. The molecule has 2 heterocycles. The minimum atomic E-state index is -1.04. The summed E-state index contributed by atoms with van der Waals surface area (Å²) in [5.74, 6) is -0.378. The van der Waals surface area contributed by atoms with Gasteiger partial charge in [-0.3, -0.25) is 4.98 Å². The molecule has 7 nitrogen and oxygen atoms in total. The van der Waals surface area contributed by atoms with Crippen LogP contribution in [0.1, 0.15) is 64.3 Å². The van der Waals surface area contributed by atoms with Crippen molar-refractivity contribution in [3.8, 4) is 0 Å². The zero-order valence-corrected chi connectivity index (χ0v) is 19.4. The smallest absolute Gasteiger partial charge is 0.408 e. The van der Waals surface area contributed by atoms with Gasteiger partial charge in [0, 0.05) is 12.0 Å². The summed E-state index contributed by atoms with van der Waals surface area (Å²) in [6, 6.07) is 9.44. The number of nitrogens with zero attached hydrogens (tertiary/aromatic N) is 1. The molecule has 7 heteroatoms. The Balaban J connectivity index is 1.81. The fourth-order valence-electron chi connectivity index (χ4n) is 3.63. The zero-order chi connectivity index (χ0) is 23.4. The normalized spacial score (nSPS) is 20.2. The van der Waals surface area contributed by atoms with Crippen LogP contribution in [0.2, 0.25) is 0 Å². The molecule has 1 amide bonds.